The van der Waals surface area contributed by atoms with Crippen LogP contribution >= 0.6 is 11.5 Å². The van der Waals surface area contributed by atoms with Crippen LogP contribution in [0.5, 0.6) is 0 Å². The molecule has 0 atom stereocenters. The summed E-state index contributed by atoms with van der Waals surface area (Å²) < 4.78 is 4.03. The molecule has 84 valence electrons. The number of rotatable bonds is 3. The molecule has 0 saturated carbocycles. The second-order valence-corrected chi connectivity index (χ2v) is 5.04. The maximum absolute atomic E-state index is 5.54. The van der Waals surface area contributed by atoms with Gasteiger partial charge in [-0.2, -0.15) is 9.36 Å². The second kappa shape index (κ2) is 3.96. The van der Waals surface area contributed by atoms with E-state index in [2.05, 4.69) is 28.1 Å². The van der Waals surface area contributed by atoms with E-state index in [1.807, 2.05) is 0 Å². The summed E-state index contributed by atoms with van der Waals surface area (Å²) in [6.07, 6.45) is 3.75. The Morgan fingerprint density at radius 1 is 1.47 bits per heavy atom. The van der Waals surface area contributed by atoms with Crippen molar-refractivity contribution in [1.29, 1.82) is 0 Å². The quantitative estimate of drug-likeness (QED) is 0.858. The van der Waals surface area contributed by atoms with Crippen molar-refractivity contribution >= 4 is 22.6 Å². The average molecular weight is 226 g/mol. The molecule has 1 saturated heterocycles. The van der Waals surface area contributed by atoms with Crippen molar-refractivity contribution < 1.29 is 0 Å². The maximum Gasteiger partial charge on any atom is 0.233 e. The summed E-state index contributed by atoms with van der Waals surface area (Å²) in [4.78, 5) is 6.56. The number of hydrogen-bond donors (Lipinski definition) is 1. The van der Waals surface area contributed by atoms with Crippen LogP contribution in [0.3, 0.4) is 0 Å². The van der Waals surface area contributed by atoms with Gasteiger partial charge in [0.05, 0.1) is 0 Å². The molecule has 0 amide bonds. The van der Waals surface area contributed by atoms with Gasteiger partial charge in [0.15, 0.2) is 0 Å². The molecule has 2 heterocycles. The molecule has 1 aliphatic heterocycles. The zero-order valence-corrected chi connectivity index (χ0v) is 10.2. The molecular formula is C10H18N4S. The van der Waals surface area contributed by atoms with E-state index in [4.69, 9.17) is 5.73 Å². The highest BCUT2D eigenvalue weighted by Crippen LogP contribution is 2.39. The zero-order chi connectivity index (χ0) is 10.9. The van der Waals surface area contributed by atoms with Crippen molar-refractivity contribution in [2.75, 3.05) is 23.7 Å². The van der Waals surface area contributed by atoms with Crippen molar-refractivity contribution in [3.63, 3.8) is 0 Å². The molecule has 0 aromatic carbocycles. The number of hydrogen-bond acceptors (Lipinski definition) is 5. The highest BCUT2D eigenvalue weighted by molar-refractivity contribution is 7.09. The average Bonchev–Trinajstić information content (AvgIpc) is 2.84. The van der Waals surface area contributed by atoms with Gasteiger partial charge in [-0.1, -0.05) is 13.8 Å². The molecule has 0 radical (unpaired) electrons. The Morgan fingerprint density at radius 3 is 2.67 bits per heavy atom. The van der Waals surface area contributed by atoms with E-state index in [0.717, 1.165) is 18.2 Å². The van der Waals surface area contributed by atoms with E-state index < -0.39 is 0 Å². The molecule has 5 heteroatoms. The number of nitrogen functional groups attached to an aromatic ring is 1. The SMILES string of the molecule is CCC1(CC)CCN(c2nc(N)ns2)C1. The minimum atomic E-state index is 0.403. The van der Waals surface area contributed by atoms with E-state index in [-0.39, 0.29) is 0 Å². The molecule has 1 aromatic rings. The largest absolute Gasteiger partial charge is 0.367 e. The molecule has 0 aliphatic carbocycles. The Labute approximate surface area is 94.7 Å². The van der Waals surface area contributed by atoms with Crippen molar-refractivity contribution in [2.24, 2.45) is 5.41 Å². The lowest BCUT2D eigenvalue weighted by atomic mass is 9.82. The Kier molecular flexibility index (Phi) is 2.82. The van der Waals surface area contributed by atoms with Crippen LogP contribution in [0.4, 0.5) is 11.1 Å². The van der Waals surface area contributed by atoms with Gasteiger partial charge in [0, 0.05) is 24.6 Å². The fraction of sp³-hybridized carbons (Fsp3) is 0.800. The summed E-state index contributed by atoms with van der Waals surface area (Å²) in [6, 6.07) is 0. The molecule has 1 fully saturated rings. The number of anilines is 2. The van der Waals surface area contributed by atoms with Crippen molar-refractivity contribution in [2.45, 2.75) is 33.1 Å². The lowest BCUT2D eigenvalue weighted by molar-refractivity contribution is 0.301. The number of nitrogens with zero attached hydrogens (tertiary/aromatic N) is 3. The summed E-state index contributed by atoms with van der Waals surface area (Å²) in [7, 11) is 0. The Morgan fingerprint density at radius 2 is 2.20 bits per heavy atom. The first kappa shape index (κ1) is 10.7. The molecule has 2 N–H and O–H groups in total. The van der Waals surface area contributed by atoms with Crippen molar-refractivity contribution in [3.8, 4) is 0 Å². The second-order valence-electron chi connectivity index (χ2n) is 4.31. The van der Waals surface area contributed by atoms with Gasteiger partial charge in [0.25, 0.3) is 0 Å². The fourth-order valence-electron chi connectivity index (χ4n) is 2.28. The maximum atomic E-state index is 5.54. The molecule has 15 heavy (non-hydrogen) atoms. The smallest absolute Gasteiger partial charge is 0.233 e. The molecule has 4 nitrogen and oxygen atoms in total. The van der Waals surface area contributed by atoms with Gasteiger partial charge in [0.1, 0.15) is 0 Å². The van der Waals surface area contributed by atoms with Gasteiger partial charge in [-0.05, 0) is 24.7 Å². The monoisotopic (exact) mass is 226 g/mol. The van der Waals surface area contributed by atoms with Gasteiger partial charge in [-0.15, -0.1) is 0 Å². The van der Waals surface area contributed by atoms with Gasteiger partial charge < -0.3 is 10.6 Å². The van der Waals surface area contributed by atoms with Crippen molar-refractivity contribution in [1.82, 2.24) is 9.36 Å². The van der Waals surface area contributed by atoms with Gasteiger partial charge in [-0.3, -0.25) is 0 Å². The molecule has 1 aromatic heterocycles. The van der Waals surface area contributed by atoms with Crippen LogP contribution in [0, 0.1) is 5.41 Å². The number of nitrogens with two attached hydrogens (primary N) is 1. The third kappa shape index (κ3) is 1.93. The van der Waals surface area contributed by atoms with Crippen LogP contribution in [-0.2, 0) is 0 Å². The Hall–Kier alpha value is -0.840. The van der Waals surface area contributed by atoms with Crippen LogP contribution in [0.15, 0.2) is 0 Å². The Balaban J connectivity index is 2.09. The first-order valence-electron chi connectivity index (χ1n) is 5.53. The molecule has 0 spiro atoms. The topological polar surface area (TPSA) is 55.0 Å². The predicted octanol–water partition coefficient (Wildman–Crippen LogP) is 2.14. The first-order chi connectivity index (χ1) is 7.19. The summed E-state index contributed by atoms with van der Waals surface area (Å²) in [6.45, 7) is 6.76. The predicted molar refractivity (Wildman–Crippen MR) is 64.2 cm³/mol. The molecule has 2 rings (SSSR count). The zero-order valence-electron chi connectivity index (χ0n) is 9.36. The summed E-state index contributed by atoms with van der Waals surface area (Å²) >= 11 is 1.41. The van der Waals surface area contributed by atoms with E-state index >= 15 is 0 Å². The third-order valence-electron chi connectivity index (χ3n) is 3.64. The first-order valence-corrected chi connectivity index (χ1v) is 6.30. The normalized spacial score (nSPS) is 19.7. The van der Waals surface area contributed by atoms with Gasteiger partial charge in [0.2, 0.25) is 11.1 Å². The molecule has 0 unspecified atom stereocenters. The lowest BCUT2D eigenvalue weighted by Gasteiger charge is -2.25. The van der Waals surface area contributed by atoms with Crippen LogP contribution in [0.25, 0.3) is 0 Å². The summed E-state index contributed by atoms with van der Waals surface area (Å²) in [5.74, 6) is 0.403. The minimum absolute atomic E-state index is 0.403. The van der Waals surface area contributed by atoms with Crippen LogP contribution in [0.2, 0.25) is 0 Å². The highest BCUT2D eigenvalue weighted by Gasteiger charge is 2.36. The highest BCUT2D eigenvalue weighted by atomic mass is 32.1. The third-order valence-corrected chi connectivity index (χ3v) is 4.43. The van der Waals surface area contributed by atoms with Gasteiger partial charge >= 0.3 is 0 Å². The van der Waals surface area contributed by atoms with E-state index in [1.165, 1.54) is 30.8 Å². The summed E-state index contributed by atoms with van der Waals surface area (Å²) in [5, 5.41) is 0.983. The van der Waals surface area contributed by atoms with E-state index in [1.54, 1.807) is 0 Å². The molecule has 1 aliphatic rings. The van der Waals surface area contributed by atoms with Crippen LogP contribution in [0.1, 0.15) is 33.1 Å². The van der Waals surface area contributed by atoms with Gasteiger partial charge in [-0.25, -0.2) is 0 Å². The van der Waals surface area contributed by atoms with Crippen LogP contribution < -0.4 is 10.6 Å². The van der Waals surface area contributed by atoms with Crippen molar-refractivity contribution in [3.05, 3.63) is 0 Å². The van der Waals surface area contributed by atoms with E-state index in [0.29, 0.717) is 11.4 Å². The standard InChI is InChI=1S/C10H18N4S/c1-3-10(4-2)5-6-14(7-10)9-12-8(11)13-15-9/h3-7H2,1-2H3,(H2,11,13). The fourth-order valence-corrected chi connectivity index (χ4v) is 2.90. The number of aromatic nitrogens is 2. The molecular weight excluding hydrogens is 208 g/mol. The van der Waals surface area contributed by atoms with Crippen LogP contribution in [-0.4, -0.2) is 22.4 Å². The summed E-state index contributed by atoms with van der Waals surface area (Å²) in [5.41, 5.74) is 6.03. The minimum Gasteiger partial charge on any atom is -0.367 e. The Bertz CT molecular complexity index is 332. The lowest BCUT2D eigenvalue weighted by Crippen LogP contribution is -2.25. The molecule has 0 bridgehead atoms. The van der Waals surface area contributed by atoms with E-state index in [9.17, 15) is 0 Å².